The first kappa shape index (κ1) is 25.2. The molecule has 0 bridgehead atoms. The Labute approximate surface area is 203 Å². The smallest absolute Gasteiger partial charge is 0.293 e. The summed E-state index contributed by atoms with van der Waals surface area (Å²) >= 11 is 6.07. The largest absolute Gasteiger partial charge is 0.366 e. The molecule has 0 aromatic heterocycles. The molecule has 0 radical (unpaired) electrons. The average molecular weight is 486 g/mol. The summed E-state index contributed by atoms with van der Waals surface area (Å²) in [5.74, 6) is -1.19. The molecule has 1 aliphatic heterocycles. The van der Waals surface area contributed by atoms with Gasteiger partial charge in [0.25, 0.3) is 17.5 Å². The molecular formula is C24H28ClN5O4. The normalized spacial score (nSPS) is 14.8. The number of nitrogens with zero attached hydrogens (tertiary/aromatic N) is 3. The fraction of sp³-hybridized carbons (Fsp3) is 0.375. The molecular weight excluding hydrogens is 458 g/mol. The highest BCUT2D eigenvalue weighted by Gasteiger charge is 2.25. The van der Waals surface area contributed by atoms with Gasteiger partial charge in [-0.25, -0.2) is 5.43 Å². The zero-order chi connectivity index (χ0) is 24.7. The number of hydrogen-bond donors (Lipinski definition) is 2. The van der Waals surface area contributed by atoms with E-state index in [9.17, 15) is 19.7 Å². The Morgan fingerprint density at radius 2 is 1.85 bits per heavy atom. The standard InChI is InChI=1S/C24H28ClN5O4/c1-16(2)22(27-23(31)18-8-4-5-9-19(18)25)24(32)28-26-15-17-10-11-20(21(14-17)30(33)34)29-12-6-3-7-13-29/h4-5,8-11,14-16,22H,3,6-7,12-13H2,1-2H3,(H,27,31)(H,28,32). The van der Waals surface area contributed by atoms with Crippen LogP contribution in [0.1, 0.15) is 49.0 Å². The summed E-state index contributed by atoms with van der Waals surface area (Å²) in [5, 5.41) is 18.5. The van der Waals surface area contributed by atoms with E-state index in [1.54, 1.807) is 50.2 Å². The molecule has 1 fully saturated rings. The lowest BCUT2D eigenvalue weighted by molar-refractivity contribution is -0.384. The van der Waals surface area contributed by atoms with Gasteiger partial charge in [-0.1, -0.05) is 43.6 Å². The van der Waals surface area contributed by atoms with Crippen molar-refractivity contribution in [1.29, 1.82) is 0 Å². The number of halogens is 1. The summed E-state index contributed by atoms with van der Waals surface area (Å²) in [6.45, 7) is 5.18. The summed E-state index contributed by atoms with van der Waals surface area (Å²) in [4.78, 5) is 38.5. The Morgan fingerprint density at radius 3 is 2.50 bits per heavy atom. The molecule has 1 aliphatic rings. The maximum atomic E-state index is 12.7. The molecule has 10 heteroatoms. The van der Waals surface area contributed by atoms with E-state index in [1.807, 2.05) is 4.90 Å². The maximum absolute atomic E-state index is 12.7. The van der Waals surface area contributed by atoms with E-state index >= 15 is 0 Å². The zero-order valence-corrected chi connectivity index (χ0v) is 19.9. The molecule has 3 rings (SSSR count). The van der Waals surface area contributed by atoms with Gasteiger partial charge < -0.3 is 10.2 Å². The molecule has 9 nitrogen and oxygen atoms in total. The number of piperidine rings is 1. The number of carbonyl (C=O) groups excluding carboxylic acids is 2. The lowest BCUT2D eigenvalue weighted by Crippen LogP contribution is -2.48. The zero-order valence-electron chi connectivity index (χ0n) is 19.2. The average Bonchev–Trinajstić information content (AvgIpc) is 2.82. The van der Waals surface area contributed by atoms with Gasteiger partial charge in [-0.05, 0) is 43.4 Å². The Kier molecular flexibility index (Phi) is 8.59. The van der Waals surface area contributed by atoms with Gasteiger partial charge in [0.1, 0.15) is 11.7 Å². The van der Waals surface area contributed by atoms with Gasteiger partial charge in [-0.15, -0.1) is 0 Å². The van der Waals surface area contributed by atoms with Crippen molar-refractivity contribution in [3.63, 3.8) is 0 Å². The Bertz CT molecular complexity index is 1080. The van der Waals surface area contributed by atoms with E-state index in [4.69, 9.17) is 11.6 Å². The number of nitro groups is 1. The van der Waals surface area contributed by atoms with Crippen molar-refractivity contribution in [1.82, 2.24) is 10.7 Å². The third-order valence-corrected chi connectivity index (χ3v) is 5.97. The Hall–Kier alpha value is -3.46. The van der Waals surface area contributed by atoms with E-state index in [-0.39, 0.29) is 22.2 Å². The minimum atomic E-state index is -0.850. The van der Waals surface area contributed by atoms with Crippen LogP contribution in [0.2, 0.25) is 5.02 Å². The predicted octanol–water partition coefficient (Wildman–Crippen LogP) is 4.14. The van der Waals surface area contributed by atoms with Crippen LogP contribution < -0.4 is 15.6 Å². The van der Waals surface area contributed by atoms with E-state index in [0.717, 1.165) is 32.4 Å². The molecule has 2 N–H and O–H groups in total. The third-order valence-electron chi connectivity index (χ3n) is 5.64. The highest BCUT2D eigenvalue weighted by atomic mass is 35.5. The van der Waals surface area contributed by atoms with E-state index in [1.165, 1.54) is 12.3 Å². The number of nitrogens with one attached hydrogen (secondary N) is 2. The first-order chi connectivity index (χ1) is 16.3. The van der Waals surface area contributed by atoms with Crippen LogP contribution in [0.15, 0.2) is 47.6 Å². The number of anilines is 1. The number of hydrazone groups is 1. The van der Waals surface area contributed by atoms with E-state index in [2.05, 4.69) is 15.8 Å². The second-order valence-corrected chi connectivity index (χ2v) is 8.87. The van der Waals surface area contributed by atoms with Crippen LogP contribution in [0, 0.1) is 16.0 Å². The first-order valence-electron chi connectivity index (χ1n) is 11.2. The van der Waals surface area contributed by atoms with Gasteiger partial charge in [0.05, 0.1) is 21.7 Å². The summed E-state index contributed by atoms with van der Waals surface area (Å²) in [7, 11) is 0. The van der Waals surface area contributed by atoms with Crippen LogP contribution in [-0.2, 0) is 4.79 Å². The minimum absolute atomic E-state index is 0.00392. The van der Waals surface area contributed by atoms with Crippen LogP contribution in [0.5, 0.6) is 0 Å². The monoisotopic (exact) mass is 485 g/mol. The molecule has 34 heavy (non-hydrogen) atoms. The molecule has 0 saturated carbocycles. The van der Waals surface area contributed by atoms with Crippen LogP contribution in [0.4, 0.5) is 11.4 Å². The van der Waals surface area contributed by atoms with E-state index in [0.29, 0.717) is 11.3 Å². The highest BCUT2D eigenvalue weighted by Crippen LogP contribution is 2.31. The predicted molar refractivity (Wildman–Crippen MR) is 132 cm³/mol. The number of hydrogen-bond acceptors (Lipinski definition) is 6. The van der Waals surface area contributed by atoms with Crippen molar-refractivity contribution in [3.05, 3.63) is 68.7 Å². The van der Waals surface area contributed by atoms with Gasteiger partial charge in [-0.2, -0.15) is 5.10 Å². The number of amides is 2. The third kappa shape index (κ3) is 6.32. The number of benzene rings is 2. The van der Waals surface area contributed by atoms with Crippen LogP contribution >= 0.6 is 11.6 Å². The lowest BCUT2D eigenvalue weighted by atomic mass is 10.0. The second kappa shape index (κ2) is 11.6. The quantitative estimate of drug-likeness (QED) is 0.331. The molecule has 0 spiro atoms. The lowest BCUT2D eigenvalue weighted by Gasteiger charge is -2.28. The molecule has 1 atom stereocenters. The summed E-state index contributed by atoms with van der Waals surface area (Å²) in [5.41, 5.74) is 3.76. The van der Waals surface area contributed by atoms with Gasteiger partial charge in [0.2, 0.25) is 0 Å². The fourth-order valence-electron chi connectivity index (χ4n) is 3.81. The van der Waals surface area contributed by atoms with Crippen molar-refractivity contribution < 1.29 is 14.5 Å². The van der Waals surface area contributed by atoms with Crippen molar-refractivity contribution in [2.24, 2.45) is 11.0 Å². The topological polar surface area (TPSA) is 117 Å². The first-order valence-corrected chi connectivity index (χ1v) is 11.6. The number of nitro benzene ring substituents is 1. The van der Waals surface area contributed by atoms with Crippen LogP contribution in [-0.4, -0.2) is 42.1 Å². The Balaban J connectivity index is 1.68. The van der Waals surface area contributed by atoms with Gasteiger partial charge >= 0.3 is 0 Å². The van der Waals surface area contributed by atoms with Crippen LogP contribution in [0.25, 0.3) is 0 Å². The van der Waals surface area contributed by atoms with Crippen molar-refractivity contribution >= 4 is 41.0 Å². The van der Waals surface area contributed by atoms with Crippen molar-refractivity contribution in [2.45, 2.75) is 39.2 Å². The Morgan fingerprint density at radius 1 is 1.15 bits per heavy atom. The van der Waals surface area contributed by atoms with Gasteiger partial charge in [-0.3, -0.25) is 19.7 Å². The molecule has 2 aromatic rings. The van der Waals surface area contributed by atoms with E-state index < -0.39 is 22.8 Å². The van der Waals surface area contributed by atoms with Crippen molar-refractivity contribution in [3.8, 4) is 0 Å². The molecule has 1 saturated heterocycles. The van der Waals surface area contributed by atoms with Gasteiger partial charge in [0, 0.05) is 24.7 Å². The fourth-order valence-corrected chi connectivity index (χ4v) is 4.03. The summed E-state index contributed by atoms with van der Waals surface area (Å²) < 4.78 is 0. The maximum Gasteiger partial charge on any atom is 0.293 e. The molecule has 180 valence electrons. The molecule has 0 aliphatic carbocycles. The number of carbonyl (C=O) groups is 2. The molecule has 1 heterocycles. The SMILES string of the molecule is CC(C)C(NC(=O)c1ccccc1Cl)C(=O)NN=Cc1ccc(N2CCCCC2)c([N+](=O)[O-])c1. The second-order valence-electron chi connectivity index (χ2n) is 8.46. The van der Waals surface area contributed by atoms with Crippen LogP contribution in [0.3, 0.4) is 0 Å². The summed E-state index contributed by atoms with van der Waals surface area (Å²) in [6.07, 6.45) is 4.50. The summed E-state index contributed by atoms with van der Waals surface area (Å²) in [6, 6.07) is 10.6. The van der Waals surface area contributed by atoms with Gasteiger partial charge in [0.15, 0.2) is 0 Å². The van der Waals surface area contributed by atoms with Crippen molar-refractivity contribution in [2.75, 3.05) is 18.0 Å². The number of rotatable bonds is 8. The molecule has 2 aromatic carbocycles. The molecule has 2 amide bonds. The molecule has 1 unspecified atom stereocenters. The highest BCUT2D eigenvalue weighted by molar-refractivity contribution is 6.33. The minimum Gasteiger partial charge on any atom is -0.366 e.